The van der Waals surface area contributed by atoms with E-state index in [0.717, 1.165) is 19.3 Å². The number of carbonyl (C=O) groups is 3. The number of hydrogen-bond acceptors (Lipinski definition) is 9. The van der Waals surface area contributed by atoms with Crippen molar-refractivity contribution in [3.8, 4) is 0 Å². The third-order valence-electron chi connectivity index (χ3n) is 8.36. The minimum atomic E-state index is -1.76. The van der Waals surface area contributed by atoms with Gasteiger partial charge in [0, 0.05) is 20.1 Å². The van der Waals surface area contributed by atoms with E-state index in [4.69, 9.17) is 15.2 Å². The molecule has 1 fully saturated rings. The van der Waals surface area contributed by atoms with E-state index < -0.39 is 42.5 Å². The van der Waals surface area contributed by atoms with E-state index in [0.29, 0.717) is 32.4 Å². The zero-order chi connectivity index (χ0) is 34.5. The monoisotopic (exact) mass is 655 g/mol. The third-order valence-corrected chi connectivity index (χ3v) is 8.36. The first-order valence-corrected chi connectivity index (χ1v) is 17.6. The lowest BCUT2D eigenvalue weighted by Gasteiger charge is -2.29. The van der Waals surface area contributed by atoms with Crippen LogP contribution in [0.5, 0.6) is 0 Å². The van der Waals surface area contributed by atoms with Crippen LogP contribution in [-0.4, -0.2) is 101 Å². The molecule has 6 N–H and O–H groups in total. The van der Waals surface area contributed by atoms with E-state index in [1.165, 1.54) is 64.6 Å². The van der Waals surface area contributed by atoms with Gasteiger partial charge >= 0.3 is 5.97 Å². The highest BCUT2D eigenvalue weighted by Gasteiger charge is 2.39. The second-order valence-corrected chi connectivity index (χ2v) is 13.8. The SMILES string of the molecule is CCCCCCCCCCCCCC(=O)O[C@H]1CC[C@H](NC(=O)[C@H](OC)[C@H](O)[C@@H](O)[C@H](O)/C=C/C(C)(C)C)C(=O)N(CCCN)C1. The Balaban J connectivity index is 2.66. The van der Waals surface area contributed by atoms with Gasteiger partial charge in [-0.15, -0.1) is 0 Å². The number of esters is 1. The second-order valence-electron chi connectivity index (χ2n) is 13.8. The topological polar surface area (TPSA) is 172 Å². The van der Waals surface area contributed by atoms with Crippen LogP contribution in [0.3, 0.4) is 0 Å². The summed E-state index contributed by atoms with van der Waals surface area (Å²) in [6.07, 6.45) is 10.7. The molecule has 0 radical (unpaired) electrons. The molecule has 0 aromatic heterocycles. The van der Waals surface area contributed by atoms with Crippen molar-refractivity contribution in [2.75, 3.05) is 26.7 Å². The summed E-state index contributed by atoms with van der Waals surface area (Å²) in [5, 5.41) is 34.2. The second kappa shape index (κ2) is 23.3. The van der Waals surface area contributed by atoms with Crippen molar-refractivity contribution in [2.45, 2.75) is 161 Å². The number of carbonyl (C=O) groups excluding carboxylic acids is 3. The summed E-state index contributed by atoms with van der Waals surface area (Å²) in [5.74, 6) is -1.43. The maximum atomic E-state index is 13.4. The molecule has 1 saturated heterocycles. The van der Waals surface area contributed by atoms with Gasteiger partial charge in [0.25, 0.3) is 5.91 Å². The maximum Gasteiger partial charge on any atom is 0.306 e. The van der Waals surface area contributed by atoms with Crippen LogP contribution in [-0.2, 0) is 23.9 Å². The molecule has 0 aliphatic carbocycles. The van der Waals surface area contributed by atoms with E-state index in [-0.39, 0.29) is 30.3 Å². The Morgan fingerprint density at radius 3 is 2.09 bits per heavy atom. The largest absolute Gasteiger partial charge is 0.460 e. The molecule has 1 aliphatic rings. The van der Waals surface area contributed by atoms with Crippen LogP contribution in [0.1, 0.15) is 124 Å². The van der Waals surface area contributed by atoms with E-state index in [2.05, 4.69) is 12.2 Å². The first-order valence-electron chi connectivity index (χ1n) is 17.6. The van der Waals surface area contributed by atoms with Crippen LogP contribution in [0, 0.1) is 5.41 Å². The molecule has 1 aliphatic heterocycles. The van der Waals surface area contributed by atoms with Gasteiger partial charge in [-0.05, 0) is 37.6 Å². The number of nitrogens with zero attached hydrogens (tertiary/aromatic N) is 1. The highest BCUT2D eigenvalue weighted by atomic mass is 16.5. The number of nitrogens with two attached hydrogens (primary N) is 1. The molecule has 6 atom stereocenters. The van der Waals surface area contributed by atoms with Crippen LogP contribution in [0.25, 0.3) is 0 Å². The molecule has 11 heteroatoms. The summed E-state index contributed by atoms with van der Waals surface area (Å²) >= 11 is 0. The zero-order valence-corrected chi connectivity index (χ0v) is 29.3. The van der Waals surface area contributed by atoms with Crippen molar-refractivity contribution in [2.24, 2.45) is 11.1 Å². The molecular formula is C35H65N3O8. The molecule has 268 valence electrons. The number of hydrogen-bond donors (Lipinski definition) is 5. The Morgan fingerprint density at radius 2 is 1.54 bits per heavy atom. The van der Waals surface area contributed by atoms with Gasteiger partial charge in [0.05, 0.1) is 6.54 Å². The highest BCUT2D eigenvalue weighted by Crippen LogP contribution is 2.20. The van der Waals surface area contributed by atoms with Crippen LogP contribution < -0.4 is 11.1 Å². The Morgan fingerprint density at radius 1 is 0.957 bits per heavy atom. The number of allylic oxidation sites excluding steroid dienone is 1. The number of amides is 2. The molecule has 0 aromatic carbocycles. The molecule has 0 saturated carbocycles. The maximum absolute atomic E-state index is 13.4. The molecule has 0 bridgehead atoms. The number of rotatable bonds is 23. The fourth-order valence-electron chi connectivity index (χ4n) is 5.55. The van der Waals surface area contributed by atoms with Crippen molar-refractivity contribution in [3.05, 3.63) is 12.2 Å². The van der Waals surface area contributed by atoms with Gasteiger partial charge in [-0.2, -0.15) is 0 Å². The van der Waals surface area contributed by atoms with Gasteiger partial charge in [-0.25, -0.2) is 0 Å². The summed E-state index contributed by atoms with van der Waals surface area (Å²) in [4.78, 5) is 40.8. The van der Waals surface area contributed by atoms with Gasteiger partial charge in [-0.1, -0.05) is 104 Å². The number of aliphatic hydroxyl groups is 3. The minimum Gasteiger partial charge on any atom is -0.460 e. The smallest absolute Gasteiger partial charge is 0.306 e. The summed E-state index contributed by atoms with van der Waals surface area (Å²) < 4.78 is 11.0. The quantitative estimate of drug-likeness (QED) is 0.0625. The number of methoxy groups -OCH3 is 1. The average Bonchev–Trinajstić information content (AvgIpc) is 3.14. The van der Waals surface area contributed by atoms with E-state index >= 15 is 0 Å². The Hall–Kier alpha value is -2.05. The lowest BCUT2D eigenvalue weighted by atomic mass is 9.94. The van der Waals surface area contributed by atoms with Gasteiger partial charge in [0.2, 0.25) is 5.91 Å². The number of aliphatic hydroxyl groups excluding tert-OH is 3. The number of nitrogens with one attached hydrogen (secondary N) is 1. The summed E-state index contributed by atoms with van der Waals surface area (Å²) in [5.41, 5.74) is 5.43. The number of ether oxygens (including phenoxy) is 2. The summed E-state index contributed by atoms with van der Waals surface area (Å²) in [6.45, 7) is 8.88. The molecule has 11 nitrogen and oxygen atoms in total. The van der Waals surface area contributed by atoms with Crippen molar-refractivity contribution in [1.82, 2.24) is 10.2 Å². The van der Waals surface area contributed by atoms with Crippen molar-refractivity contribution >= 4 is 17.8 Å². The average molecular weight is 656 g/mol. The van der Waals surface area contributed by atoms with Gasteiger partial charge in [-0.3, -0.25) is 14.4 Å². The molecule has 0 unspecified atom stereocenters. The van der Waals surface area contributed by atoms with Gasteiger partial charge in [0.1, 0.15) is 30.5 Å². The summed E-state index contributed by atoms with van der Waals surface area (Å²) in [6, 6.07) is -0.951. The summed E-state index contributed by atoms with van der Waals surface area (Å²) in [7, 11) is 1.20. The fourth-order valence-corrected chi connectivity index (χ4v) is 5.55. The highest BCUT2D eigenvalue weighted by molar-refractivity contribution is 5.90. The van der Waals surface area contributed by atoms with Crippen LogP contribution in [0.2, 0.25) is 0 Å². The molecule has 2 amide bonds. The van der Waals surface area contributed by atoms with Crippen LogP contribution in [0.15, 0.2) is 12.2 Å². The van der Waals surface area contributed by atoms with Gasteiger partial charge in [0.15, 0.2) is 6.10 Å². The van der Waals surface area contributed by atoms with Crippen molar-refractivity contribution < 1.29 is 39.2 Å². The molecule has 46 heavy (non-hydrogen) atoms. The van der Waals surface area contributed by atoms with Crippen molar-refractivity contribution in [1.29, 1.82) is 0 Å². The predicted octanol–water partition coefficient (Wildman–Crippen LogP) is 3.76. The molecular weight excluding hydrogens is 590 g/mol. The standard InChI is InChI=1S/C35H65N3O8/c1-6-7-8-9-10-11-12-13-14-15-16-18-29(40)46-26-19-20-27(34(44)38(25-26)24-17-23-36)37-33(43)32(45-5)31(42)30(41)28(39)21-22-35(2,3)4/h21-22,26-28,30-32,39,41-42H,6-20,23-25,36H2,1-5H3,(H,37,43)/b22-21+/t26-,27-,28+,30-,31+,32+/m0/s1. The number of likely N-dealkylation sites (tertiary alicyclic amines) is 1. The predicted molar refractivity (Wildman–Crippen MR) is 180 cm³/mol. The van der Waals surface area contributed by atoms with Gasteiger partial charge < -0.3 is 40.7 Å². The number of unbranched alkanes of at least 4 members (excludes halogenated alkanes) is 10. The van der Waals surface area contributed by atoms with E-state index in [9.17, 15) is 29.7 Å². The Bertz CT molecular complexity index is 894. The first kappa shape index (κ1) is 42.0. The third kappa shape index (κ3) is 17.2. The first-order chi connectivity index (χ1) is 21.8. The zero-order valence-electron chi connectivity index (χ0n) is 29.3. The normalized spacial score (nSPS) is 20.3. The van der Waals surface area contributed by atoms with Crippen LogP contribution in [0.4, 0.5) is 0 Å². The van der Waals surface area contributed by atoms with E-state index in [1.54, 1.807) is 11.0 Å². The lowest BCUT2D eigenvalue weighted by molar-refractivity contribution is -0.152. The minimum absolute atomic E-state index is 0.205. The Kier molecular flexibility index (Phi) is 21.3. The van der Waals surface area contributed by atoms with Crippen molar-refractivity contribution in [3.63, 3.8) is 0 Å². The lowest BCUT2D eigenvalue weighted by Crippen LogP contribution is -2.56. The fraction of sp³-hybridized carbons (Fsp3) is 0.857. The molecule has 1 heterocycles. The Labute approximate surface area is 277 Å². The van der Waals surface area contributed by atoms with Crippen LogP contribution >= 0.6 is 0 Å². The molecule has 0 aromatic rings. The van der Waals surface area contributed by atoms with E-state index in [1.807, 2.05) is 20.8 Å². The molecule has 1 rings (SSSR count). The molecule has 0 spiro atoms.